The number of hydrogen-bond donors (Lipinski definition) is 0. The number of ether oxygens (including phenoxy) is 1. The van der Waals surface area contributed by atoms with Crippen LogP contribution in [0.15, 0.2) is 146 Å². The molecule has 3 heteroatoms. The van der Waals surface area contributed by atoms with Crippen LogP contribution in [0.3, 0.4) is 0 Å². The van der Waals surface area contributed by atoms with Gasteiger partial charge in [0.25, 0.3) is 0 Å². The number of hydrogen-bond acceptors (Lipinski definition) is 3. The van der Waals surface area contributed by atoms with Crippen molar-refractivity contribution in [1.82, 2.24) is 0 Å². The van der Waals surface area contributed by atoms with E-state index in [1.54, 1.807) is 7.11 Å². The topological polar surface area (TPSA) is 15.7 Å². The second kappa shape index (κ2) is 13.6. The van der Waals surface area contributed by atoms with Crippen molar-refractivity contribution in [3.8, 4) is 16.9 Å². The minimum Gasteiger partial charge on any atom is -0.497 e. The molecule has 5 aromatic rings. The highest BCUT2D eigenvalue weighted by atomic mass is 16.5. The summed E-state index contributed by atoms with van der Waals surface area (Å²) in [5, 5.41) is 0. The molecule has 0 amide bonds. The van der Waals surface area contributed by atoms with E-state index in [1.807, 2.05) is 12.1 Å². The lowest BCUT2D eigenvalue weighted by Crippen LogP contribution is -2.09. The van der Waals surface area contributed by atoms with Gasteiger partial charge in [-0.25, -0.2) is 0 Å². The van der Waals surface area contributed by atoms with E-state index in [-0.39, 0.29) is 0 Å². The van der Waals surface area contributed by atoms with Crippen molar-refractivity contribution in [2.24, 2.45) is 0 Å². The molecule has 0 N–H and O–H groups in total. The van der Waals surface area contributed by atoms with Gasteiger partial charge in [-0.15, -0.1) is 0 Å². The number of methoxy groups -OCH3 is 1. The second-order valence-corrected chi connectivity index (χ2v) is 10.1. The third-order valence-corrected chi connectivity index (χ3v) is 7.42. The molecule has 0 unspecified atom stereocenters. The molecule has 0 atom stereocenters. The van der Waals surface area contributed by atoms with Crippen molar-refractivity contribution in [3.05, 3.63) is 151 Å². The highest BCUT2D eigenvalue weighted by molar-refractivity contribution is 5.81. The van der Waals surface area contributed by atoms with Crippen LogP contribution in [-0.2, 0) is 0 Å². The summed E-state index contributed by atoms with van der Waals surface area (Å²) in [4.78, 5) is 4.48. The van der Waals surface area contributed by atoms with Crippen molar-refractivity contribution < 1.29 is 4.74 Å². The van der Waals surface area contributed by atoms with Crippen LogP contribution in [0.2, 0.25) is 0 Å². The maximum Gasteiger partial charge on any atom is 0.119 e. The zero-order chi connectivity index (χ0) is 29.3. The molecule has 0 saturated heterocycles. The lowest BCUT2D eigenvalue weighted by Gasteiger charge is -2.26. The molecule has 0 aliphatic carbocycles. The fourth-order valence-corrected chi connectivity index (χ4v) is 5.14. The molecule has 0 fully saturated rings. The fourth-order valence-electron chi connectivity index (χ4n) is 5.14. The van der Waals surface area contributed by atoms with Crippen molar-refractivity contribution in [1.29, 1.82) is 0 Å². The first-order valence-electron chi connectivity index (χ1n) is 14.5. The van der Waals surface area contributed by atoms with Gasteiger partial charge in [-0.1, -0.05) is 79.7 Å². The van der Waals surface area contributed by atoms with E-state index in [0.29, 0.717) is 0 Å². The van der Waals surface area contributed by atoms with Crippen LogP contribution in [0.4, 0.5) is 28.4 Å². The second-order valence-electron chi connectivity index (χ2n) is 10.1. The molecular weight excluding hydrogens is 512 g/mol. The van der Waals surface area contributed by atoms with E-state index in [9.17, 15) is 0 Å². The third-order valence-electron chi connectivity index (χ3n) is 7.42. The third kappa shape index (κ3) is 6.47. The predicted molar refractivity (Wildman–Crippen MR) is 181 cm³/mol. The largest absolute Gasteiger partial charge is 0.497 e. The Bertz CT molecular complexity index is 1620. The molecule has 0 aliphatic heterocycles. The summed E-state index contributed by atoms with van der Waals surface area (Å²) in [6.45, 7) is 4.24. The van der Waals surface area contributed by atoms with Gasteiger partial charge in [0.1, 0.15) is 5.75 Å². The SMILES string of the molecule is C/C=C\C(=C/CC)c1ccc(N(c2ccccc2)c2ccc(-c3ccc(N(C)c4ccc(OC)cc4)cc3)cc2)cc1. The number of anilines is 5. The van der Waals surface area contributed by atoms with E-state index in [4.69, 9.17) is 4.74 Å². The standard InChI is InChI=1S/C39H38N2O/c1-5-10-30(11-6-2)31-16-22-37(23-17-31)41(36-12-8-7-9-13-36)38-24-18-33(19-25-38)32-14-20-34(21-15-32)40(3)35-26-28-39(42-4)29-27-35/h5,7-29H,6H2,1-4H3/b10-5-,30-11+. The van der Waals surface area contributed by atoms with E-state index < -0.39 is 0 Å². The molecule has 0 aliphatic rings. The quantitative estimate of drug-likeness (QED) is 0.161. The van der Waals surface area contributed by atoms with Gasteiger partial charge in [-0.3, -0.25) is 0 Å². The van der Waals surface area contributed by atoms with Crippen LogP contribution in [0, 0.1) is 0 Å². The monoisotopic (exact) mass is 550 g/mol. The van der Waals surface area contributed by atoms with Crippen LogP contribution >= 0.6 is 0 Å². The molecular formula is C39H38N2O. The molecule has 0 saturated carbocycles. The smallest absolute Gasteiger partial charge is 0.119 e. The Kier molecular flexibility index (Phi) is 9.20. The van der Waals surface area contributed by atoms with E-state index in [2.05, 4.69) is 164 Å². The molecule has 0 radical (unpaired) electrons. The number of para-hydroxylation sites is 1. The fraction of sp³-hybridized carbons (Fsp3) is 0.128. The molecule has 5 rings (SSSR count). The molecule has 0 heterocycles. The minimum absolute atomic E-state index is 0.858. The Morgan fingerprint density at radius 1 is 0.619 bits per heavy atom. The minimum atomic E-state index is 0.858. The zero-order valence-corrected chi connectivity index (χ0v) is 24.9. The Labute approximate surface area is 250 Å². The van der Waals surface area contributed by atoms with Crippen LogP contribution in [0.25, 0.3) is 16.7 Å². The zero-order valence-electron chi connectivity index (χ0n) is 24.9. The molecule has 210 valence electrons. The highest BCUT2D eigenvalue weighted by Crippen LogP contribution is 2.36. The Morgan fingerprint density at radius 3 is 1.60 bits per heavy atom. The Balaban J connectivity index is 1.40. The van der Waals surface area contributed by atoms with Gasteiger partial charge in [0.2, 0.25) is 0 Å². The van der Waals surface area contributed by atoms with Crippen LogP contribution in [0.5, 0.6) is 5.75 Å². The summed E-state index contributed by atoms with van der Waals surface area (Å²) in [5.74, 6) is 0.858. The maximum atomic E-state index is 5.30. The molecule has 0 aromatic heterocycles. The number of rotatable bonds is 10. The predicted octanol–water partition coefficient (Wildman–Crippen LogP) is 11.0. The van der Waals surface area contributed by atoms with Crippen molar-refractivity contribution in [3.63, 3.8) is 0 Å². The average molecular weight is 551 g/mol. The summed E-state index contributed by atoms with van der Waals surface area (Å²) in [5.41, 5.74) is 10.5. The summed E-state index contributed by atoms with van der Waals surface area (Å²) < 4.78 is 5.30. The lowest BCUT2D eigenvalue weighted by molar-refractivity contribution is 0.415. The van der Waals surface area contributed by atoms with Gasteiger partial charge >= 0.3 is 0 Å². The molecule has 0 bridgehead atoms. The van der Waals surface area contributed by atoms with E-state index in [0.717, 1.165) is 40.6 Å². The molecule has 3 nitrogen and oxygen atoms in total. The maximum absolute atomic E-state index is 5.30. The Hall–Kier alpha value is -5.02. The first kappa shape index (κ1) is 28.5. The highest BCUT2D eigenvalue weighted by Gasteiger charge is 2.13. The number of nitrogens with zero attached hydrogens (tertiary/aromatic N) is 2. The Morgan fingerprint density at radius 2 is 1.10 bits per heavy atom. The first-order chi connectivity index (χ1) is 20.6. The van der Waals surface area contributed by atoms with Gasteiger partial charge in [-0.2, -0.15) is 0 Å². The molecule has 0 spiro atoms. The van der Waals surface area contributed by atoms with Crippen LogP contribution in [0.1, 0.15) is 25.8 Å². The molecule has 42 heavy (non-hydrogen) atoms. The van der Waals surface area contributed by atoms with Gasteiger partial charge in [-0.05, 0) is 108 Å². The number of allylic oxidation sites excluding steroid dienone is 4. The summed E-state index contributed by atoms with van der Waals surface area (Å²) in [6.07, 6.45) is 7.55. The van der Waals surface area contributed by atoms with Gasteiger partial charge in [0, 0.05) is 35.5 Å². The summed E-state index contributed by atoms with van der Waals surface area (Å²) in [6, 6.07) is 45.0. The summed E-state index contributed by atoms with van der Waals surface area (Å²) >= 11 is 0. The number of benzene rings is 5. The van der Waals surface area contributed by atoms with Gasteiger partial charge < -0.3 is 14.5 Å². The van der Waals surface area contributed by atoms with Crippen molar-refractivity contribution in [2.75, 3.05) is 24.0 Å². The first-order valence-corrected chi connectivity index (χ1v) is 14.5. The summed E-state index contributed by atoms with van der Waals surface area (Å²) in [7, 11) is 3.77. The van der Waals surface area contributed by atoms with Crippen LogP contribution in [-0.4, -0.2) is 14.2 Å². The van der Waals surface area contributed by atoms with Crippen molar-refractivity contribution >= 4 is 34.0 Å². The van der Waals surface area contributed by atoms with Crippen molar-refractivity contribution in [2.45, 2.75) is 20.3 Å². The normalized spacial score (nSPS) is 11.5. The van der Waals surface area contributed by atoms with Crippen LogP contribution < -0.4 is 14.5 Å². The van der Waals surface area contributed by atoms with E-state index in [1.165, 1.54) is 22.3 Å². The lowest BCUT2D eigenvalue weighted by atomic mass is 10.0. The van der Waals surface area contributed by atoms with Gasteiger partial charge in [0.05, 0.1) is 7.11 Å². The van der Waals surface area contributed by atoms with Gasteiger partial charge in [0.15, 0.2) is 0 Å². The average Bonchev–Trinajstić information content (AvgIpc) is 3.06. The molecule has 5 aromatic carbocycles. The van der Waals surface area contributed by atoms with E-state index >= 15 is 0 Å².